The molecular formula is C7H8N6O. The molecule has 2 rings (SSSR count). The summed E-state index contributed by atoms with van der Waals surface area (Å²) in [7, 11) is 0. The maximum absolute atomic E-state index is 10.9. The molecule has 72 valence electrons. The van der Waals surface area contributed by atoms with Gasteiger partial charge in [0.1, 0.15) is 0 Å². The Bertz CT molecular complexity index is 516. The van der Waals surface area contributed by atoms with Crippen LogP contribution in [0.25, 0.3) is 5.65 Å². The van der Waals surface area contributed by atoms with E-state index in [2.05, 4.69) is 15.3 Å². The number of primary amides is 1. The molecule has 0 bridgehead atoms. The van der Waals surface area contributed by atoms with Crippen molar-refractivity contribution in [3.05, 3.63) is 17.5 Å². The van der Waals surface area contributed by atoms with Gasteiger partial charge < -0.3 is 11.5 Å². The van der Waals surface area contributed by atoms with Crippen molar-refractivity contribution < 1.29 is 4.79 Å². The number of aryl methyl sites for hydroxylation is 1. The number of hydrogen-bond acceptors (Lipinski definition) is 5. The van der Waals surface area contributed by atoms with Crippen LogP contribution < -0.4 is 11.5 Å². The van der Waals surface area contributed by atoms with E-state index in [9.17, 15) is 4.79 Å². The number of carbonyl (C=O) groups is 1. The molecule has 7 heteroatoms. The molecule has 0 aromatic carbocycles. The second kappa shape index (κ2) is 2.66. The van der Waals surface area contributed by atoms with Crippen molar-refractivity contribution in [2.24, 2.45) is 5.73 Å². The van der Waals surface area contributed by atoms with Gasteiger partial charge in [-0.3, -0.25) is 4.79 Å². The van der Waals surface area contributed by atoms with Crippen LogP contribution in [0.4, 0.5) is 5.82 Å². The first kappa shape index (κ1) is 8.42. The summed E-state index contributed by atoms with van der Waals surface area (Å²) >= 11 is 0. The lowest BCUT2D eigenvalue weighted by Gasteiger charge is -2.00. The van der Waals surface area contributed by atoms with Crippen LogP contribution in [-0.4, -0.2) is 25.7 Å². The summed E-state index contributed by atoms with van der Waals surface area (Å²) in [5.41, 5.74) is 11.8. The second-order valence-corrected chi connectivity index (χ2v) is 2.85. The molecule has 7 nitrogen and oxygen atoms in total. The highest BCUT2D eigenvalue weighted by atomic mass is 16.1. The zero-order chi connectivity index (χ0) is 10.3. The molecule has 0 atom stereocenters. The number of nitrogens with zero attached hydrogens (tertiary/aromatic N) is 4. The third-order valence-electron chi connectivity index (χ3n) is 1.77. The first-order valence-electron chi connectivity index (χ1n) is 3.88. The summed E-state index contributed by atoms with van der Waals surface area (Å²) in [6, 6.07) is 1.70. The van der Waals surface area contributed by atoms with Crippen LogP contribution in [-0.2, 0) is 0 Å². The Labute approximate surface area is 78.7 Å². The van der Waals surface area contributed by atoms with Gasteiger partial charge in [-0.2, -0.15) is 9.61 Å². The molecule has 0 saturated heterocycles. The monoisotopic (exact) mass is 192 g/mol. The predicted octanol–water partition coefficient (Wildman–Crippen LogP) is -0.886. The lowest BCUT2D eigenvalue weighted by Crippen LogP contribution is -2.19. The van der Waals surface area contributed by atoms with Gasteiger partial charge in [0.05, 0.1) is 5.69 Å². The fraction of sp³-hybridized carbons (Fsp3) is 0.143. The van der Waals surface area contributed by atoms with Crippen LogP contribution in [0.2, 0.25) is 0 Å². The van der Waals surface area contributed by atoms with Gasteiger partial charge >= 0.3 is 0 Å². The quantitative estimate of drug-likeness (QED) is 0.608. The molecule has 2 aromatic rings. The normalized spacial score (nSPS) is 10.6. The fourth-order valence-corrected chi connectivity index (χ4v) is 1.16. The molecule has 0 aliphatic heterocycles. The molecule has 0 aliphatic rings. The Balaban J connectivity index is 2.80. The van der Waals surface area contributed by atoms with Crippen molar-refractivity contribution in [1.82, 2.24) is 19.8 Å². The Morgan fingerprint density at radius 2 is 2.21 bits per heavy atom. The number of hydrogen-bond donors (Lipinski definition) is 2. The van der Waals surface area contributed by atoms with E-state index < -0.39 is 5.91 Å². The van der Waals surface area contributed by atoms with Crippen LogP contribution in [0.15, 0.2) is 6.07 Å². The Morgan fingerprint density at radius 1 is 1.50 bits per heavy atom. The van der Waals surface area contributed by atoms with Crippen molar-refractivity contribution in [3.8, 4) is 0 Å². The average Bonchev–Trinajstić information content (AvgIpc) is 2.46. The number of fused-ring (bicyclic) bond motifs is 1. The standard InChI is InChI=1S/C7H8N6O/c1-3-2-4-10-11-5(7(9)14)6(8)13(4)12-3/h2H,8H2,1H3,(H2,9,14). The van der Waals surface area contributed by atoms with Gasteiger partial charge in [-0.15, -0.1) is 10.2 Å². The Kier molecular flexibility index (Phi) is 1.60. The zero-order valence-corrected chi connectivity index (χ0v) is 7.43. The Morgan fingerprint density at radius 3 is 2.86 bits per heavy atom. The highest BCUT2D eigenvalue weighted by Gasteiger charge is 2.13. The van der Waals surface area contributed by atoms with Gasteiger partial charge in [0.15, 0.2) is 17.2 Å². The molecule has 1 amide bonds. The topological polar surface area (TPSA) is 112 Å². The highest BCUT2D eigenvalue weighted by molar-refractivity contribution is 5.95. The molecule has 0 radical (unpaired) electrons. The maximum atomic E-state index is 10.9. The molecule has 0 aliphatic carbocycles. The molecule has 2 aromatic heterocycles. The van der Waals surface area contributed by atoms with Gasteiger partial charge in [0.25, 0.3) is 5.91 Å². The van der Waals surface area contributed by atoms with Crippen molar-refractivity contribution in [1.29, 1.82) is 0 Å². The lowest BCUT2D eigenvalue weighted by molar-refractivity contribution is 0.0995. The number of nitrogen functional groups attached to an aromatic ring is 1. The third-order valence-corrected chi connectivity index (χ3v) is 1.77. The zero-order valence-electron chi connectivity index (χ0n) is 7.43. The van der Waals surface area contributed by atoms with Gasteiger partial charge in [-0.25, -0.2) is 0 Å². The van der Waals surface area contributed by atoms with Crippen molar-refractivity contribution in [2.75, 3.05) is 5.73 Å². The number of anilines is 1. The molecule has 0 unspecified atom stereocenters. The first-order chi connectivity index (χ1) is 6.59. The van der Waals surface area contributed by atoms with Gasteiger partial charge in [-0.1, -0.05) is 0 Å². The minimum Gasteiger partial charge on any atom is -0.382 e. The molecule has 0 fully saturated rings. The summed E-state index contributed by atoms with van der Waals surface area (Å²) in [4.78, 5) is 10.9. The number of nitrogens with two attached hydrogens (primary N) is 2. The first-order valence-corrected chi connectivity index (χ1v) is 3.88. The van der Waals surface area contributed by atoms with Crippen LogP contribution in [0.5, 0.6) is 0 Å². The average molecular weight is 192 g/mol. The molecule has 0 spiro atoms. The van der Waals surface area contributed by atoms with E-state index >= 15 is 0 Å². The number of rotatable bonds is 1. The number of carbonyl (C=O) groups excluding carboxylic acids is 1. The van der Waals surface area contributed by atoms with E-state index in [0.717, 1.165) is 5.69 Å². The van der Waals surface area contributed by atoms with E-state index in [1.54, 1.807) is 13.0 Å². The Hall–Kier alpha value is -2.18. The van der Waals surface area contributed by atoms with Crippen LogP contribution in [0.3, 0.4) is 0 Å². The summed E-state index contributed by atoms with van der Waals surface area (Å²) in [6.45, 7) is 1.79. The number of amides is 1. The molecule has 2 heterocycles. The van der Waals surface area contributed by atoms with E-state index in [-0.39, 0.29) is 11.5 Å². The van der Waals surface area contributed by atoms with Crippen molar-refractivity contribution in [2.45, 2.75) is 6.92 Å². The molecule has 14 heavy (non-hydrogen) atoms. The largest absolute Gasteiger partial charge is 0.382 e. The van der Waals surface area contributed by atoms with E-state index in [0.29, 0.717) is 5.65 Å². The molecule has 4 N–H and O–H groups in total. The van der Waals surface area contributed by atoms with Gasteiger partial charge in [0.2, 0.25) is 0 Å². The van der Waals surface area contributed by atoms with Gasteiger partial charge in [0, 0.05) is 6.07 Å². The van der Waals surface area contributed by atoms with Crippen molar-refractivity contribution in [3.63, 3.8) is 0 Å². The summed E-state index contributed by atoms with van der Waals surface area (Å²) in [5, 5.41) is 11.4. The highest BCUT2D eigenvalue weighted by Crippen LogP contribution is 2.10. The second-order valence-electron chi connectivity index (χ2n) is 2.85. The smallest absolute Gasteiger partial charge is 0.273 e. The van der Waals surface area contributed by atoms with Crippen LogP contribution >= 0.6 is 0 Å². The summed E-state index contributed by atoms with van der Waals surface area (Å²) in [5.74, 6) is -0.611. The van der Waals surface area contributed by atoms with Crippen LogP contribution in [0.1, 0.15) is 16.2 Å². The van der Waals surface area contributed by atoms with Crippen molar-refractivity contribution >= 4 is 17.4 Å². The van der Waals surface area contributed by atoms with E-state index in [1.165, 1.54) is 4.52 Å². The minimum absolute atomic E-state index is 0.0689. The minimum atomic E-state index is -0.718. The lowest BCUT2D eigenvalue weighted by atomic mass is 10.4. The van der Waals surface area contributed by atoms with Crippen LogP contribution in [0, 0.1) is 6.92 Å². The maximum Gasteiger partial charge on any atom is 0.273 e. The van der Waals surface area contributed by atoms with Gasteiger partial charge in [-0.05, 0) is 6.92 Å². The third kappa shape index (κ3) is 1.06. The molecular weight excluding hydrogens is 184 g/mol. The SMILES string of the molecule is Cc1cc2nnc(C(N)=O)c(N)n2n1. The summed E-state index contributed by atoms with van der Waals surface area (Å²) < 4.78 is 1.34. The molecule has 0 saturated carbocycles. The van der Waals surface area contributed by atoms with E-state index in [4.69, 9.17) is 11.5 Å². The number of aromatic nitrogens is 4. The van der Waals surface area contributed by atoms with E-state index in [1.807, 2.05) is 0 Å². The summed E-state index contributed by atoms with van der Waals surface area (Å²) in [6.07, 6.45) is 0. The fourth-order valence-electron chi connectivity index (χ4n) is 1.16. The predicted molar refractivity (Wildman–Crippen MR) is 48.4 cm³/mol.